The first-order valence-corrected chi connectivity index (χ1v) is 8.22. The van der Waals surface area contributed by atoms with Gasteiger partial charge in [0.2, 0.25) is 0 Å². The molecule has 0 bridgehead atoms. The predicted molar refractivity (Wildman–Crippen MR) is 87.5 cm³/mol. The van der Waals surface area contributed by atoms with Crippen LogP contribution in [0.5, 0.6) is 0 Å². The molecule has 1 heterocycles. The van der Waals surface area contributed by atoms with E-state index in [-0.39, 0.29) is 11.6 Å². The van der Waals surface area contributed by atoms with Crippen LogP contribution >= 0.6 is 0 Å². The Bertz CT molecular complexity index is 589. The third-order valence-electron chi connectivity index (χ3n) is 4.02. The van der Waals surface area contributed by atoms with E-state index in [4.69, 9.17) is 0 Å². The van der Waals surface area contributed by atoms with Gasteiger partial charge in [0.25, 0.3) is 0 Å². The second-order valence-corrected chi connectivity index (χ2v) is 6.25. The molecule has 0 radical (unpaired) electrons. The maximum absolute atomic E-state index is 13.5. The average molecular weight is 339 g/mol. The minimum absolute atomic E-state index is 0.211. The van der Waals surface area contributed by atoms with Crippen LogP contribution in [0, 0.1) is 17.6 Å². The Morgan fingerprint density at radius 2 is 1.88 bits per heavy atom. The van der Waals surface area contributed by atoms with Gasteiger partial charge in [-0.25, -0.2) is 8.78 Å². The molecule has 0 unspecified atom stereocenters. The predicted octanol–water partition coefficient (Wildman–Crippen LogP) is 2.14. The number of hydrogen-bond donors (Lipinski definition) is 2. The van der Waals surface area contributed by atoms with E-state index in [0.29, 0.717) is 12.6 Å². The summed E-state index contributed by atoms with van der Waals surface area (Å²) < 4.78 is 26.3. The summed E-state index contributed by atoms with van der Waals surface area (Å²) in [5.74, 6) is -3.26. The quantitative estimate of drug-likeness (QED) is 0.808. The summed E-state index contributed by atoms with van der Waals surface area (Å²) in [5.41, 5.74) is -0.224. The Morgan fingerprint density at radius 1 is 1.17 bits per heavy atom. The molecule has 24 heavy (non-hydrogen) atoms. The highest BCUT2D eigenvalue weighted by Gasteiger charge is 2.18. The molecular formula is C17H23F2N3O2. The van der Waals surface area contributed by atoms with Crippen molar-refractivity contribution in [2.75, 3.05) is 31.5 Å². The highest BCUT2D eigenvalue weighted by atomic mass is 19.1. The molecule has 0 spiro atoms. The van der Waals surface area contributed by atoms with E-state index in [0.717, 1.165) is 31.8 Å². The number of carbonyl (C=O) groups is 2. The Hall–Kier alpha value is -2.02. The lowest BCUT2D eigenvalue weighted by molar-refractivity contribution is -0.136. The van der Waals surface area contributed by atoms with Crippen LogP contribution in [-0.4, -0.2) is 42.9 Å². The first kappa shape index (κ1) is 18.3. The van der Waals surface area contributed by atoms with Crippen molar-refractivity contribution >= 4 is 17.5 Å². The molecule has 0 aliphatic carbocycles. The number of hydrogen-bond acceptors (Lipinski definition) is 3. The van der Waals surface area contributed by atoms with Gasteiger partial charge in [-0.05, 0) is 44.0 Å². The number of rotatable bonds is 5. The first-order valence-electron chi connectivity index (χ1n) is 8.22. The van der Waals surface area contributed by atoms with E-state index in [1.54, 1.807) is 0 Å². The summed E-state index contributed by atoms with van der Waals surface area (Å²) in [7, 11) is 0. The van der Waals surface area contributed by atoms with Crippen molar-refractivity contribution in [1.82, 2.24) is 10.2 Å². The lowest BCUT2D eigenvalue weighted by atomic mass is 10.1. The molecule has 132 valence electrons. The van der Waals surface area contributed by atoms with Crippen LogP contribution in [-0.2, 0) is 9.59 Å². The van der Waals surface area contributed by atoms with Crippen LogP contribution in [0.15, 0.2) is 18.2 Å². The van der Waals surface area contributed by atoms with Gasteiger partial charge < -0.3 is 15.5 Å². The van der Waals surface area contributed by atoms with Crippen molar-refractivity contribution < 1.29 is 18.4 Å². The van der Waals surface area contributed by atoms with Gasteiger partial charge in [-0.2, -0.15) is 0 Å². The molecule has 5 nitrogen and oxygen atoms in total. The zero-order valence-corrected chi connectivity index (χ0v) is 13.8. The molecule has 1 aliphatic heterocycles. The summed E-state index contributed by atoms with van der Waals surface area (Å²) >= 11 is 0. The number of likely N-dealkylation sites (tertiary alicyclic amines) is 1. The number of nitrogens with zero attached hydrogens (tertiary/aromatic N) is 1. The van der Waals surface area contributed by atoms with Crippen LogP contribution < -0.4 is 10.6 Å². The molecule has 1 saturated heterocycles. The maximum atomic E-state index is 13.5. The number of carbonyl (C=O) groups excluding carboxylic acids is 2. The van der Waals surface area contributed by atoms with Crippen LogP contribution in [0.3, 0.4) is 0 Å². The number of benzene rings is 1. The van der Waals surface area contributed by atoms with Gasteiger partial charge in [-0.15, -0.1) is 0 Å². The van der Waals surface area contributed by atoms with Gasteiger partial charge >= 0.3 is 11.8 Å². The Morgan fingerprint density at radius 3 is 2.54 bits per heavy atom. The molecule has 0 saturated carbocycles. The minimum atomic E-state index is -0.967. The molecular weight excluding hydrogens is 316 g/mol. The highest BCUT2D eigenvalue weighted by Crippen LogP contribution is 2.14. The van der Waals surface area contributed by atoms with Gasteiger partial charge in [0, 0.05) is 19.2 Å². The number of amides is 2. The van der Waals surface area contributed by atoms with Crippen molar-refractivity contribution in [3.8, 4) is 0 Å². The number of piperidine rings is 1. The highest BCUT2D eigenvalue weighted by molar-refractivity contribution is 6.39. The number of anilines is 1. The summed E-state index contributed by atoms with van der Waals surface area (Å²) in [6.45, 7) is 5.39. The van der Waals surface area contributed by atoms with E-state index in [9.17, 15) is 18.4 Å². The summed E-state index contributed by atoms with van der Waals surface area (Å²) in [4.78, 5) is 25.9. The Kier molecular flexibility index (Phi) is 6.66. The normalized spacial score (nSPS) is 16.5. The van der Waals surface area contributed by atoms with Gasteiger partial charge in [-0.3, -0.25) is 9.59 Å². The van der Waals surface area contributed by atoms with Gasteiger partial charge in [0.1, 0.15) is 11.6 Å². The van der Waals surface area contributed by atoms with Gasteiger partial charge in [0.05, 0.1) is 5.69 Å². The van der Waals surface area contributed by atoms with Crippen molar-refractivity contribution in [1.29, 1.82) is 0 Å². The van der Waals surface area contributed by atoms with Crippen LogP contribution in [0.1, 0.15) is 26.2 Å². The molecule has 2 amide bonds. The number of halogens is 2. The van der Waals surface area contributed by atoms with Gasteiger partial charge in [0.15, 0.2) is 0 Å². The van der Waals surface area contributed by atoms with E-state index in [1.165, 1.54) is 19.3 Å². The third kappa shape index (κ3) is 5.56. The molecule has 1 fully saturated rings. The molecule has 1 aromatic carbocycles. The molecule has 1 aromatic rings. The average Bonchev–Trinajstić information content (AvgIpc) is 2.56. The molecule has 1 aliphatic rings. The second-order valence-electron chi connectivity index (χ2n) is 6.25. The van der Waals surface area contributed by atoms with Crippen LogP contribution in [0.4, 0.5) is 14.5 Å². The summed E-state index contributed by atoms with van der Waals surface area (Å²) in [5, 5.41) is 4.69. The SMILES string of the molecule is C[C@@H](CNC(=O)C(=O)Nc1ccc(F)cc1F)CN1CCCCC1. The fourth-order valence-electron chi connectivity index (χ4n) is 2.76. The second kappa shape index (κ2) is 8.73. The first-order chi connectivity index (χ1) is 11.5. The van der Waals surface area contributed by atoms with Gasteiger partial charge in [-0.1, -0.05) is 13.3 Å². The fraction of sp³-hybridized carbons (Fsp3) is 0.529. The van der Waals surface area contributed by atoms with E-state index >= 15 is 0 Å². The van der Waals surface area contributed by atoms with E-state index in [2.05, 4.69) is 15.5 Å². The molecule has 2 N–H and O–H groups in total. The third-order valence-corrected chi connectivity index (χ3v) is 4.02. The van der Waals surface area contributed by atoms with E-state index < -0.39 is 23.4 Å². The van der Waals surface area contributed by atoms with Crippen molar-refractivity contribution in [3.63, 3.8) is 0 Å². The molecule has 2 rings (SSSR count). The number of nitrogens with one attached hydrogen (secondary N) is 2. The fourth-order valence-corrected chi connectivity index (χ4v) is 2.76. The zero-order chi connectivity index (χ0) is 17.5. The Balaban J connectivity index is 1.75. The van der Waals surface area contributed by atoms with Crippen LogP contribution in [0.25, 0.3) is 0 Å². The molecule has 0 aromatic heterocycles. The van der Waals surface area contributed by atoms with Crippen LogP contribution in [0.2, 0.25) is 0 Å². The summed E-state index contributed by atoms with van der Waals surface area (Å²) in [6.07, 6.45) is 3.66. The smallest absolute Gasteiger partial charge is 0.313 e. The standard InChI is InChI=1S/C17H23F2N3O2/c1-12(11-22-7-3-2-4-8-22)10-20-16(23)17(24)21-15-6-5-13(18)9-14(15)19/h5-6,9,12H,2-4,7-8,10-11H2,1H3,(H,20,23)(H,21,24)/t12-/m0/s1. The zero-order valence-electron chi connectivity index (χ0n) is 13.8. The van der Waals surface area contributed by atoms with Crippen molar-refractivity contribution in [2.45, 2.75) is 26.2 Å². The molecule has 7 heteroatoms. The topological polar surface area (TPSA) is 61.4 Å². The Labute approximate surface area is 140 Å². The largest absolute Gasteiger partial charge is 0.348 e. The lowest BCUT2D eigenvalue weighted by Crippen LogP contribution is -2.41. The monoisotopic (exact) mass is 339 g/mol. The maximum Gasteiger partial charge on any atom is 0.313 e. The minimum Gasteiger partial charge on any atom is -0.348 e. The lowest BCUT2D eigenvalue weighted by Gasteiger charge is -2.29. The van der Waals surface area contributed by atoms with E-state index in [1.807, 2.05) is 6.92 Å². The summed E-state index contributed by atoms with van der Waals surface area (Å²) in [6, 6.07) is 2.74. The molecule has 1 atom stereocenters. The van der Waals surface area contributed by atoms with Crippen molar-refractivity contribution in [3.05, 3.63) is 29.8 Å². The van der Waals surface area contributed by atoms with Crippen molar-refractivity contribution in [2.24, 2.45) is 5.92 Å².